The molecule has 202 valence electrons. The van der Waals surface area contributed by atoms with Crippen LogP contribution in [0.25, 0.3) is 0 Å². The van der Waals surface area contributed by atoms with Crippen LogP contribution >= 0.6 is 0 Å². The molecule has 0 saturated heterocycles. The molecule has 0 bridgehead atoms. The standard InChI is InChI=1S/C33H65N/c1-8-11-13-16-20-26(5)32(28(7)27(6)25(4)19-15-12-9-2)33(10-3,29-23-24-29)30-21-17-14-18-22-31(30)34/h25-32H,8-24,34H2,1-7H3. The van der Waals surface area contributed by atoms with Gasteiger partial charge in [-0.2, -0.15) is 0 Å². The Hall–Kier alpha value is -0.0400. The molecule has 0 aliphatic heterocycles. The van der Waals surface area contributed by atoms with Crippen molar-refractivity contribution in [3.05, 3.63) is 0 Å². The lowest BCUT2D eigenvalue weighted by Gasteiger charge is -2.55. The fourth-order valence-corrected chi connectivity index (χ4v) is 8.67. The van der Waals surface area contributed by atoms with E-state index in [9.17, 15) is 0 Å². The van der Waals surface area contributed by atoms with Crippen molar-refractivity contribution in [3.63, 3.8) is 0 Å². The Labute approximate surface area is 216 Å². The molecule has 0 aromatic rings. The first-order valence-electron chi connectivity index (χ1n) is 16.1. The van der Waals surface area contributed by atoms with E-state index >= 15 is 0 Å². The van der Waals surface area contributed by atoms with Crippen LogP contribution in [-0.2, 0) is 0 Å². The molecule has 0 aromatic heterocycles. The molecule has 1 nitrogen and oxygen atoms in total. The summed E-state index contributed by atoms with van der Waals surface area (Å²) in [5, 5.41) is 0. The summed E-state index contributed by atoms with van der Waals surface area (Å²) in [5.74, 6) is 5.81. The molecule has 2 aliphatic carbocycles. The van der Waals surface area contributed by atoms with E-state index in [1.807, 2.05) is 0 Å². The quantitative estimate of drug-likeness (QED) is 0.164. The van der Waals surface area contributed by atoms with Crippen molar-refractivity contribution in [1.29, 1.82) is 0 Å². The van der Waals surface area contributed by atoms with Gasteiger partial charge in [-0.05, 0) is 78.9 Å². The highest BCUT2D eigenvalue weighted by atomic mass is 14.7. The van der Waals surface area contributed by atoms with Gasteiger partial charge in [0, 0.05) is 6.04 Å². The average Bonchev–Trinajstić information content (AvgIpc) is 3.68. The van der Waals surface area contributed by atoms with E-state index in [-0.39, 0.29) is 0 Å². The normalized spacial score (nSPS) is 27.9. The average molecular weight is 476 g/mol. The molecule has 1 heteroatoms. The predicted molar refractivity (Wildman–Crippen MR) is 153 cm³/mol. The van der Waals surface area contributed by atoms with Crippen LogP contribution in [0.3, 0.4) is 0 Å². The van der Waals surface area contributed by atoms with Crippen LogP contribution in [0.2, 0.25) is 0 Å². The lowest BCUT2D eigenvalue weighted by atomic mass is 9.51. The van der Waals surface area contributed by atoms with Gasteiger partial charge in [0.1, 0.15) is 0 Å². The summed E-state index contributed by atoms with van der Waals surface area (Å²) in [7, 11) is 0. The maximum absolute atomic E-state index is 7.10. The number of nitrogens with two attached hydrogens (primary N) is 1. The molecule has 2 rings (SSSR count). The van der Waals surface area contributed by atoms with E-state index in [4.69, 9.17) is 5.73 Å². The lowest BCUT2D eigenvalue weighted by Crippen LogP contribution is -2.52. The molecule has 0 amide bonds. The first-order valence-corrected chi connectivity index (χ1v) is 16.1. The van der Waals surface area contributed by atoms with E-state index in [1.54, 1.807) is 0 Å². The van der Waals surface area contributed by atoms with Crippen LogP contribution in [0.1, 0.15) is 158 Å². The van der Waals surface area contributed by atoms with Crippen LogP contribution < -0.4 is 5.73 Å². The Balaban J connectivity index is 2.37. The van der Waals surface area contributed by atoms with E-state index in [0.29, 0.717) is 11.5 Å². The maximum atomic E-state index is 7.10. The fraction of sp³-hybridized carbons (Fsp3) is 1.00. The predicted octanol–water partition coefficient (Wildman–Crippen LogP) is 10.4. The Bertz CT molecular complexity index is 525. The molecular weight excluding hydrogens is 410 g/mol. The summed E-state index contributed by atoms with van der Waals surface area (Å²) in [6.45, 7) is 17.8. The Morgan fingerprint density at radius 1 is 0.676 bits per heavy atom. The van der Waals surface area contributed by atoms with Crippen LogP contribution in [0, 0.1) is 46.8 Å². The topological polar surface area (TPSA) is 26.0 Å². The van der Waals surface area contributed by atoms with Crippen molar-refractivity contribution >= 4 is 0 Å². The minimum Gasteiger partial charge on any atom is -0.327 e. The summed E-state index contributed by atoms with van der Waals surface area (Å²) >= 11 is 0. The summed E-state index contributed by atoms with van der Waals surface area (Å²) in [4.78, 5) is 0. The molecule has 8 atom stereocenters. The Morgan fingerprint density at radius 3 is 1.88 bits per heavy atom. The van der Waals surface area contributed by atoms with Crippen molar-refractivity contribution in [1.82, 2.24) is 0 Å². The van der Waals surface area contributed by atoms with E-state index < -0.39 is 0 Å². The maximum Gasteiger partial charge on any atom is 0.00726 e. The zero-order valence-electron chi connectivity index (χ0n) is 24.7. The van der Waals surface area contributed by atoms with E-state index in [2.05, 4.69) is 48.5 Å². The molecule has 0 radical (unpaired) electrons. The van der Waals surface area contributed by atoms with Gasteiger partial charge in [-0.3, -0.25) is 0 Å². The minimum absolute atomic E-state index is 0.433. The molecule has 8 unspecified atom stereocenters. The zero-order valence-corrected chi connectivity index (χ0v) is 24.7. The van der Waals surface area contributed by atoms with Gasteiger partial charge in [0.15, 0.2) is 0 Å². The summed E-state index contributed by atoms with van der Waals surface area (Å²) < 4.78 is 0. The Morgan fingerprint density at radius 2 is 1.26 bits per heavy atom. The van der Waals surface area contributed by atoms with Crippen molar-refractivity contribution in [2.24, 2.45) is 52.6 Å². The zero-order chi connectivity index (χ0) is 25.1. The number of hydrogen-bond donors (Lipinski definition) is 1. The van der Waals surface area contributed by atoms with E-state index in [1.165, 1.54) is 109 Å². The van der Waals surface area contributed by atoms with Crippen molar-refractivity contribution in [3.8, 4) is 0 Å². The second-order valence-electron chi connectivity index (χ2n) is 13.2. The van der Waals surface area contributed by atoms with Crippen molar-refractivity contribution < 1.29 is 0 Å². The highest BCUT2D eigenvalue weighted by Crippen LogP contribution is 2.63. The minimum atomic E-state index is 0.433. The second-order valence-corrected chi connectivity index (χ2v) is 13.2. The summed E-state index contributed by atoms with van der Waals surface area (Å²) in [6, 6.07) is 0.433. The molecule has 0 spiro atoms. The van der Waals surface area contributed by atoms with Gasteiger partial charge in [0.2, 0.25) is 0 Å². The molecule has 2 aliphatic rings. The molecule has 34 heavy (non-hydrogen) atoms. The SMILES string of the molecule is CCCCCCC(C)C(C(C)C(C)C(C)CCCCC)C(CC)(C1CC1)C1CCCCCC1N. The van der Waals surface area contributed by atoms with Gasteiger partial charge in [0.05, 0.1) is 0 Å². The highest BCUT2D eigenvalue weighted by molar-refractivity contribution is 5.07. The van der Waals surface area contributed by atoms with Crippen LogP contribution in [0.5, 0.6) is 0 Å². The smallest absolute Gasteiger partial charge is 0.00726 e. The van der Waals surface area contributed by atoms with Gasteiger partial charge in [-0.1, -0.05) is 126 Å². The van der Waals surface area contributed by atoms with Gasteiger partial charge >= 0.3 is 0 Å². The molecule has 0 heterocycles. The third-order valence-corrected chi connectivity index (χ3v) is 11.0. The Kier molecular flexibility index (Phi) is 13.6. The van der Waals surface area contributed by atoms with Gasteiger partial charge in [0.25, 0.3) is 0 Å². The van der Waals surface area contributed by atoms with Gasteiger partial charge in [-0.15, -0.1) is 0 Å². The molecule has 2 N–H and O–H groups in total. The molecule has 2 fully saturated rings. The molecule has 2 saturated carbocycles. The van der Waals surface area contributed by atoms with Crippen LogP contribution in [0.15, 0.2) is 0 Å². The summed E-state index contributed by atoms with van der Waals surface area (Å²) in [5.41, 5.74) is 7.58. The number of rotatable bonds is 17. The number of hydrogen-bond acceptors (Lipinski definition) is 1. The number of unbranched alkanes of at least 4 members (excludes halogenated alkanes) is 5. The third-order valence-electron chi connectivity index (χ3n) is 11.0. The third kappa shape index (κ3) is 7.73. The summed E-state index contributed by atoms with van der Waals surface area (Å²) in [6.07, 6.45) is 23.8. The second kappa shape index (κ2) is 15.3. The molecule has 0 aromatic carbocycles. The highest BCUT2D eigenvalue weighted by Gasteiger charge is 2.57. The lowest BCUT2D eigenvalue weighted by molar-refractivity contribution is -0.0584. The monoisotopic (exact) mass is 476 g/mol. The van der Waals surface area contributed by atoms with Crippen molar-refractivity contribution in [2.75, 3.05) is 0 Å². The van der Waals surface area contributed by atoms with Gasteiger partial charge in [-0.25, -0.2) is 0 Å². The van der Waals surface area contributed by atoms with E-state index in [0.717, 1.165) is 41.4 Å². The molecular formula is C33H65N. The fourth-order valence-electron chi connectivity index (χ4n) is 8.67. The first-order chi connectivity index (χ1) is 16.3. The van der Waals surface area contributed by atoms with Crippen molar-refractivity contribution in [2.45, 2.75) is 164 Å². The van der Waals surface area contributed by atoms with Crippen LogP contribution in [0.4, 0.5) is 0 Å². The van der Waals surface area contributed by atoms with Gasteiger partial charge < -0.3 is 5.73 Å². The largest absolute Gasteiger partial charge is 0.327 e. The van der Waals surface area contributed by atoms with Crippen LogP contribution in [-0.4, -0.2) is 6.04 Å². The first kappa shape index (κ1) is 30.2.